The van der Waals surface area contributed by atoms with Crippen LogP contribution in [0.3, 0.4) is 0 Å². The molecule has 0 spiro atoms. The van der Waals surface area contributed by atoms with Crippen molar-refractivity contribution in [3.05, 3.63) is 218 Å². The predicted octanol–water partition coefficient (Wildman–Crippen LogP) is 15.5. The first-order chi connectivity index (χ1) is 27.8. The summed E-state index contributed by atoms with van der Waals surface area (Å²) < 4.78 is 0. The fraction of sp³-hybridized carbons (Fsp3) is 0. The summed E-state index contributed by atoms with van der Waals surface area (Å²) in [5.74, 6) is 0. The monoisotopic (exact) mass is 712 g/mol. The first-order valence-corrected chi connectivity index (χ1v) is 19.3. The van der Waals surface area contributed by atoms with Crippen molar-refractivity contribution in [3.63, 3.8) is 0 Å². The fourth-order valence-electron chi connectivity index (χ4n) is 8.86. The van der Waals surface area contributed by atoms with E-state index in [1.54, 1.807) is 0 Å². The summed E-state index contributed by atoms with van der Waals surface area (Å²) in [6.45, 7) is 0. The van der Waals surface area contributed by atoms with Crippen LogP contribution in [0.5, 0.6) is 0 Å². The molecule has 262 valence electrons. The van der Waals surface area contributed by atoms with Gasteiger partial charge in [-0.25, -0.2) is 0 Å². The standard InChI is InChI=1S/C54H36N2/c1-5-17-37(18-6-1)55(38-19-7-2-8-20-38)41-29-31-47-43-25-13-15-27-45(43)51-35-52-46-28-16-14-26-44(46)48-32-30-42(34-50(48)54(52)36-53(51)49(47)33-41)56(39-21-9-3-10-22-39)40-23-11-4-12-24-40/h1-36H. The molecular weight excluding hydrogens is 677 g/mol. The van der Waals surface area contributed by atoms with Gasteiger partial charge in [0.1, 0.15) is 0 Å². The molecule has 0 N–H and O–H groups in total. The lowest BCUT2D eigenvalue weighted by Crippen LogP contribution is -2.09. The average molecular weight is 713 g/mol. The minimum absolute atomic E-state index is 1.12. The Labute approximate surface area is 325 Å². The van der Waals surface area contributed by atoms with Crippen molar-refractivity contribution in [2.45, 2.75) is 0 Å². The summed E-state index contributed by atoms with van der Waals surface area (Å²) in [6.07, 6.45) is 0. The Hall–Kier alpha value is -7.42. The highest BCUT2D eigenvalue weighted by Crippen LogP contribution is 2.46. The molecule has 2 nitrogen and oxygen atoms in total. The molecule has 56 heavy (non-hydrogen) atoms. The minimum atomic E-state index is 1.12. The fourth-order valence-corrected chi connectivity index (χ4v) is 8.86. The molecule has 0 aromatic heterocycles. The molecule has 0 atom stereocenters. The second kappa shape index (κ2) is 13.2. The number of hydrogen-bond acceptors (Lipinski definition) is 2. The van der Waals surface area contributed by atoms with E-state index in [0.717, 1.165) is 34.1 Å². The van der Waals surface area contributed by atoms with Crippen LogP contribution in [0.1, 0.15) is 0 Å². The average Bonchev–Trinajstić information content (AvgIpc) is 3.28. The third-order valence-electron chi connectivity index (χ3n) is 11.3. The van der Waals surface area contributed by atoms with Crippen molar-refractivity contribution in [3.8, 4) is 0 Å². The molecule has 0 saturated heterocycles. The van der Waals surface area contributed by atoms with Crippen LogP contribution in [0.4, 0.5) is 34.1 Å². The molecule has 0 fully saturated rings. The van der Waals surface area contributed by atoms with Gasteiger partial charge >= 0.3 is 0 Å². The second-order valence-electron chi connectivity index (χ2n) is 14.5. The Kier molecular flexibility index (Phi) is 7.53. The number of fused-ring (bicyclic) bond motifs is 12. The first kappa shape index (κ1) is 32.0. The van der Waals surface area contributed by atoms with Crippen LogP contribution in [-0.2, 0) is 0 Å². The van der Waals surface area contributed by atoms with Gasteiger partial charge in [0.05, 0.1) is 0 Å². The van der Waals surface area contributed by atoms with Crippen molar-refractivity contribution in [2.24, 2.45) is 0 Å². The Balaban J connectivity index is 1.25. The zero-order valence-electron chi connectivity index (χ0n) is 30.7. The maximum absolute atomic E-state index is 2.48. The van der Waals surface area contributed by atoms with E-state index in [-0.39, 0.29) is 0 Å². The number of para-hydroxylation sites is 4. The highest BCUT2D eigenvalue weighted by atomic mass is 15.1. The zero-order chi connectivity index (χ0) is 37.0. The van der Waals surface area contributed by atoms with Gasteiger partial charge in [-0.1, -0.05) is 133 Å². The van der Waals surface area contributed by atoms with Crippen LogP contribution in [-0.4, -0.2) is 0 Å². The van der Waals surface area contributed by atoms with E-state index >= 15 is 0 Å². The zero-order valence-corrected chi connectivity index (χ0v) is 30.7. The smallest absolute Gasteiger partial charge is 0.0468 e. The molecule has 11 aromatic carbocycles. The van der Waals surface area contributed by atoms with Gasteiger partial charge in [0.2, 0.25) is 0 Å². The van der Waals surface area contributed by atoms with E-state index in [1.807, 2.05) is 0 Å². The molecule has 2 heteroatoms. The summed E-state index contributed by atoms with van der Waals surface area (Å²) in [4.78, 5) is 4.72. The largest absolute Gasteiger partial charge is 0.310 e. The van der Waals surface area contributed by atoms with Gasteiger partial charge in [-0.05, 0) is 150 Å². The van der Waals surface area contributed by atoms with Gasteiger partial charge in [-0.15, -0.1) is 0 Å². The topological polar surface area (TPSA) is 6.48 Å². The molecule has 11 aromatic rings. The summed E-state index contributed by atoms with van der Waals surface area (Å²) in [5.41, 5.74) is 6.75. The van der Waals surface area contributed by atoms with Gasteiger partial charge in [0.15, 0.2) is 0 Å². The summed E-state index contributed by atoms with van der Waals surface area (Å²) in [5, 5.41) is 15.1. The molecule has 0 heterocycles. The molecule has 0 aliphatic rings. The molecule has 11 rings (SSSR count). The summed E-state index contributed by atoms with van der Waals surface area (Å²) in [6, 6.07) is 79.5. The third-order valence-corrected chi connectivity index (χ3v) is 11.3. The predicted molar refractivity (Wildman–Crippen MR) is 241 cm³/mol. The number of hydrogen-bond donors (Lipinski definition) is 0. The third kappa shape index (κ3) is 5.19. The molecule has 0 aliphatic carbocycles. The van der Waals surface area contributed by atoms with Crippen molar-refractivity contribution < 1.29 is 0 Å². The number of rotatable bonds is 6. The van der Waals surface area contributed by atoms with E-state index in [2.05, 4.69) is 228 Å². The maximum atomic E-state index is 2.48. The minimum Gasteiger partial charge on any atom is -0.310 e. The van der Waals surface area contributed by atoms with Crippen LogP contribution in [0.15, 0.2) is 218 Å². The van der Waals surface area contributed by atoms with Crippen molar-refractivity contribution in [1.29, 1.82) is 0 Å². The molecular formula is C54H36N2. The second-order valence-corrected chi connectivity index (χ2v) is 14.5. The first-order valence-electron chi connectivity index (χ1n) is 19.3. The molecule has 0 bridgehead atoms. The lowest BCUT2D eigenvalue weighted by molar-refractivity contribution is 1.29. The van der Waals surface area contributed by atoms with Gasteiger partial charge in [0, 0.05) is 34.1 Å². The van der Waals surface area contributed by atoms with Gasteiger partial charge < -0.3 is 9.80 Å². The van der Waals surface area contributed by atoms with Crippen LogP contribution >= 0.6 is 0 Å². The quantitative estimate of drug-likeness (QED) is 0.125. The number of benzene rings is 11. The van der Waals surface area contributed by atoms with Crippen LogP contribution in [0, 0.1) is 0 Å². The SMILES string of the molecule is c1ccc(N(c2ccccc2)c2ccc3c4ccccc4c4cc5c6ccccc6c6ccc(N(c7ccccc7)c7ccccc7)cc6c5cc4c3c2)cc1. The van der Waals surface area contributed by atoms with Crippen LogP contribution in [0.25, 0.3) is 64.6 Å². The Morgan fingerprint density at radius 1 is 0.161 bits per heavy atom. The molecule has 0 unspecified atom stereocenters. The molecule has 0 amide bonds. The Morgan fingerprint density at radius 2 is 0.393 bits per heavy atom. The van der Waals surface area contributed by atoms with Crippen LogP contribution < -0.4 is 9.80 Å². The van der Waals surface area contributed by atoms with E-state index in [9.17, 15) is 0 Å². The van der Waals surface area contributed by atoms with E-state index < -0.39 is 0 Å². The van der Waals surface area contributed by atoms with E-state index in [0.29, 0.717) is 0 Å². The maximum Gasteiger partial charge on any atom is 0.0468 e. The highest BCUT2D eigenvalue weighted by Gasteiger charge is 2.19. The van der Waals surface area contributed by atoms with Gasteiger partial charge in [0.25, 0.3) is 0 Å². The lowest BCUT2D eigenvalue weighted by Gasteiger charge is -2.26. The van der Waals surface area contributed by atoms with Crippen molar-refractivity contribution >= 4 is 98.8 Å². The lowest BCUT2D eigenvalue weighted by atomic mass is 9.88. The summed E-state index contributed by atoms with van der Waals surface area (Å²) >= 11 is 0. The molecule has 0 aliphatic heterocycles. The number of anilines is 6. The summed E-state index contributed by atoms with van der Waals surface area (Å²) in [7, 11) is 0. The van der Waals surface area contributed by atoms with E-state index in [1.165, 1.54) is 64.6 Å². The van der Waals surface area contributed by atoms with E-state index in [4.69, 9.17) is 0 Å². The van der Waals surface area contributed by atoms with Crippen LogP contribution in [0.2, 0.25) is 0 Å². The Morgan fingerprint density at radius 3 is 0.714 bits per heavy atom. The Bertz CT molecular complexity index is 2940. The normalized spacial score (nSPS) is 11.6. The van der Waals surface area contributed by atoms with Crippen molar-refractivity contribution in [1.82, 2.24) is 0 Å². The molecule has 0 saturated carbocycles. The van der Waals surface area contributed by atoms with Gasteiger partial charge in [-0.2, -0.15) is 0 Å². The number of nitrogens with zero attached hydrogens (tertiary/aromatic N) is 2. The van der Waals surface area contributed by atoms with Gasteiger partial charge in [-0.3, -0.25) is 0 Å². The highest BCUT2D eigenvalue weighted by molar-refractivity contribution is 6.33. The van der Waals surface area contributed by atoms with Crippen molar-refractivity contribution in [2.75, 3.05) is 9.80 Å². The molecule has 0 radical (unpaired) electrons.